The molecule has 2 rings (SSSR count). The highest BCUT2D eigenvalue weighted by atomic mass is 16.5. The molecule has 118 valence electrons. The van der Waals surface area contributed by atoms with E-state index < -0.39 is 0 Å². The molecule has 0 bridgehead atoms. The predicted octanol–water partition coefficient (Wildman–Crippen LogP) is 5.12. The lowest BCUT2D eigenvalue weighted by molar-refractivity contribution is -0.114. The summed E-state index contributed by atoms with van der Waals surface area (Å²) in [5.74, 6) is 0. The molecule has 0 amide bonds. The Morgan fingerprint density at radius 1 is 0.900 bits per heavy atom. The van der Waals surface area contributed by atoms with Gasteiger partial charge in [-0.2, -0.15) is 0 Å². The molecule has 1 spiro atoms. The second-order valence-corrected chi connectivity index (χ2v) is 7.53. The van der Waals surface area contributed by atoms with E-state index in [1.807, 2.05) is 0 Å². The van der Waals surface area contributed by atoms with Crippen LogP contribution in [0.3, 0.4) is 0 Å². The van der Waals surface area contributed by atoms with E-state index in [9.17, 15) is 0 Å². The maximum absolute atomic E-state index is 6.33. The number of ether oxygens (including phenoxy) is 1. The van der Waals surface area contributed by atoms with Crippen LogP contribution in [0.4, 0.5) is 0 Å². The van der Waals surface area contributed by atoms with E-state index in [4.69, 9.17) is 4.74 Å². The summed E-state index contributed by atoms with van der Waals surface area (Å²) in [6.07, 6.45) is 14.9. The summed E-state index contributed by atoms with van der Waals surface area (Å²) < 4.78 is 6.33. The van der Waals surface area contributed by atoms with Crippen LogP contribution in [0, 0.1) is 0 Å². The highest BCUT2D eigenvalue weighted by Gasteiger charge is 2.51. The molecule has 0 aromatic heterocycles. The van der Waals surface area contributed by atoms with E-state index in [0.29, 0.717) is 0 Å². The van der Waals surface area contributed by atoms with Crippen LogP contribution >= 0.6 is 0 Å². The lowest BCUT2D eigenvalue weighted by Gasteiger charge is -2.44. The first kappa shape index (κ1) is 16.3. The Morgan fingerprint density at radius 2 is 1.55 bits per heavy atom. The zero-order valence-corrected chi connectivity index (χ0v) is 14.0. The summed E-state index contributed by atoms with van der Waals surface area (Å²) >= 11 is 0. The Bertz CT molecular complexity index is 281. The standard InChI is InChI=1S/C18H35NO/c1-4-5-6-7-8-12-15-19-17(2,3)16-20-18(19)13-10-9-11-14-18/h4-16H2,1-3H3. The summed E-state index contributed by atoms with van der Waals surface area (Å²) in [5, 5.41) is 0. The fourth-order valence-corrected chi connectivity index (χ4v) is 4.09. The van der Waals surface area contributed by atoms with Crippen molar-refractivity contribution >= 4 is 0 Å². The van der Waals surface area contributed by atoms with Crippen molar-refractivity contribution in [1.82, 2.24) is 4.90 Å². The molecule has 0 radical (unpaired) electrons. The quantitative estimate of drug-likeness (QED) is 0.601. The van der Waals surface area contributed by atoms with Gasteiger partial charge in [0.2, 0.25) is 0 Å². The van der Waals surface area contributed by atoms with Gasteiger partial charge in [-0.05, 0) is 46.0 Å². The second-order valence-electron chi connectivity index (χ2n) is 7.53. The second kappa shape index (κ2) is 7.26. The van der Waals surface area contributed by atoms with E-state index in [2.05, 4.69) is 25.7 Å². The third-order valence-electron chi connectivity index (χ3n) is 5.29. The summed E-state index contributed by atoms with van der Waals surface area (Å²) in [4.78, 5) is 2.72. The molecule has 2 aliphatic rings. The van der Waals surface area contributed by atoms with E-state index in [-0.39, 0.29) is 11.3 Å². The van der Waals surface area contributed by atoms with Crippen LogP contribution in [0.25, 0.3) is 0 Å². The average molecular weight is 281 g/mol. The molecule has 0 aromatic rings. The molecule has 0 atom stereocenters. The van der Waals surface area contributed by atoms with Gasteiger partial charge in [0.25, 0.3) is 0 Å². The van der Waals surface area contributed by atoms with Crippen LogP contribution in [0.1, 0.15) is 91.4 Å². The number of unbranched alkanes of at least 4 members (excludes halogenated alkanes) is 5. The molecule has 2 fully saturated rings. The van der Waals surface area contributed by atoms with Gasteiger partial charge >= 0.3 is 0 Å². The number of hydrogen-bond acceptors (Lipinski definition) is 2. The van der Waals surface area contributed by atoms with Gasteiger partial charge in [-0.25, -0.2) is 0 Å². The molecule has 1 saturated heterocycles. The normalized spacial score (nSPS) is 25.4. The Morgan fingerprint density at radius 3 is 2.25 bits per heavy atom. The van der Waals surface area contributed by atoms with Crippen molar-refractivity contribution in [3.63, 3.8) is 0 Å². The van der Waals surface area contributed by atoms with Gasteiger partial charge < -0.3 is 4.74 Å². The van der Waals surface area contributed by atoms with Gasteiger partial charge in [0.15, 0.2) is 0 Å². The van der Waals surface area contributed by atoms with Crippen molar-refractivity contribution < 1.29 is 4.74 Å². The van der Waals surface area contributed by atoms with Gasteiger partial charge in [0.1, 0.15) is 5.72 Å². The lowest BCUT2D eigenvalue weighted by atomic mass is 9.88. The van der Waals surface area contributed by atoms with E-state index >= 15 is 0 Å². The largest absolute Gasteiger partial charge is 0.359 e. The Balaban J connectivity index is 1.82. The topological polar surface area (TPSA) is 12.5 Å². The first-order valence-corrected chi connectivity index (χ1v) is 9.02. The monoisotopic (exact) mass is 281 g/mol. The Hall–Kier alpha value is -0.0800. The van der Waals surface area contributed by atoms with Crippen molar-refractivity contribution in [2.45, 2.75) is 103 Å². The van der Waals surface area contributed by atoms with Crippen molar-refractivity contribution in [3.05, 3.63) is 0 Å². The molecule has 1 saturated carbocycles. The zero-order valence-electron chi connectivity index (χ0n) is 14.0. The van der Waals surface area contributed by atoms with E-state index in [1.54, 1.807) is 0 Å². The highest BCUT2D eigenvalue weighted by molar-refractivity contribution is 4.99. The lowest BCUT2D eigenvalue weighted by Crippen LogP contribution is -2.53. The molecule has 2 heteroatoms. The fourth-order valence-electron chi connectivity index (χ4n) is 4.09. The van der Waals surface area contributed by atoms with Crippen LogP contribution in [-0.4, -0.2) is 29.3 Å². The summed E-state index contributed by atoms with van der Waals surface area (Å²) in [6, 6.07) is 0. The van der Waals surface area contributed by atoms with Crippen LogP contribution in [0.15, 0.2) is 0 Å². The smallest absolute Gasteiger partial charge is 0.122 e. The van der Waals surface area contributed by atoms with Gasteiger partial charge in [-0.15, -0.1) is 0 Å². The average Bonchev–Trinajstić information content (AvgIpc) is 2.67. The Labute approximate surface area is 126 Å². The summed E-state index contributed by atoms with van der Waals surface area (Å²) in [7, 11) is 0. The van der Waals surface area contributed by atoms with Gasteiger partial charge in [-0.1, -0.05) is 45.4 Å². The van der Waals surface area contributed by atoms with Crippen LogP contribution < -0.4 is 0 Å². The maximum atomic E-state index is 6.33. The van der Waals surface area contributed by atoms with Gasteiger partial charge in [-0.3, -0.25) is 4.90 Å². The molecule has 0 N–H and O–H groups in total. The van der Waals surface area contributed by atoms with Gasteiger partial charge in [0.05, 0.1) is 6.61 Å². The minimum atomic E-state index is 0.102. The molecular formula is C18H35NO. The van der Waals surface area contributed by atoms with Crippen molar-refractivity contribution in [2.75, 3.05) is 13.2 Å². The predicted molar refractivity (Wildman–Crippen MR) is 85.9 cm³/mol. The molecule has 0 unspecified atom stereocenters. The van der Waals surface area contributed by atoms with Crippen LogP contribution in [0.5, 0.6) is 0 Å². The fraction of sp³-hybridized carbons (Fsp3) is 1.00. The Kier molecular flexibility index (Phi) is 5.92. The molecular weight excluding hydrogens is 246 g/mol. The maximum Gasteiger partial charge on any atom is 0.122 e. The van der Waals surface area contributed by atoms with E-state index in [1.165, 1.54) is 77.2 Å². The number of hydrogen-bond donors (Lipinski definition) is 0. The van der Waals surface area contributed by atoms with Gasteiger partial charge in [0, 0.05) is 12.1 Å². The summed E-state index contributed by atoms with van der Waals surface area (Å²) in [5.41, 5.74) is 0.339. The minimum Gasteiger partial charge on any atom is -0.359 e. The number of nitrogens with zero attached hydrogens (tertiary/aromatic N) is 1. The van der Waals surface area contributed by atoms with Crippen molar-refractivity contribution in [2.24, 2.45) is 0 Å². The summed E-state index contributed by atoms with van der Waals surface area (Å²) in [6.45, 7) is 9.18. The molecule has 0 aromatic carbocycles. The number of rotatable bonds is 7. The molecule has 1 aliphatic heterocycles. The van der Waals surface area contributed by atoms with Crippen molar-refractivity contribution in [3.8, 4) is 0 Å². The zero-order chi connectivity index (χ0) is 14.5. The molecule has 1 heterocycles. The SMILES string of the molecule is CCCCCCCCN1C(C)(C)COC12CCCCC2. The van der Waals surface area contributed by atoms with Crippen molar-refractivity contribution in [1.29, 1.82) is 0 Å². The van der Waals surface area contributed by atoms with E-state index in [0.717, 1.165) is 6.61 Å². The first-order valence-electron chi connectivity index (χ1n) is 9.02. The van der Waals surface area contributed by atoms with Crippen LogP contribution in [-0.2, 0) is 4.74 Å². The molecule has 1 aliphatic carbocycles. The molecule has 20 heavy (non-hydrogen) atoms. The van der Waals surface area contributed by atoms with Crippen LogP contribution in [0.2, 0.25) is 0 Å². The highest BCUT2D eigenvalue weighted by Crippen LogP contribution is 2.44. The third-order valence-corrected chi connectivity index (χ3v) is 5.29. The molecule has 2 nitrogen and oxygen atoms in total. The third kappa shape index (κ3) is 3.76. The first-order chi connectivity index (χ1) is 9.61. The minimum absolute atomic E-state index is 0.102.